The largest absolute Gasteiger partial charge is 0.507 e. The number of benzene rings is 2. The molecule has 31 heavy (non-hydrogen) atoms. The average Bonchev–Trinajstić information content (AvgIpc) is 3.46. The fourth-order valence-corrected chi connectivity index (χ4v) is 4.84. The van der Waals surface area contributed by atoms with Gasteiger partial charge < -0.3 is 9.84 Å². The highest BCUT2D eigenvalue weighted by Gasteiger charge is 2.48. The van der Waals surface area contributed by atoms with Gasteiger partial charge in [-0.25, -0.2) is 4.98 Å². The SMILES string of the molecule is C[C@H]1Cc2cc(/C(O)=C3\C(=O)C(=O)N(c4nccs4)[C@H]3c3ccc(Cl)cc3)ccc2O1. The number of Topliss-reactive ketones (excluding diaryl/α,β-unsaturated/α-hetero) is 1. The van der Waals surface area contributed by atoms with Gasteiger partial charge >= 0.3 is 5.91 Å². The number of amides is 1. The lowest BCUT2D eigenvalue weighted by Gasteiger charge is -2.23. The lowest BCUT2D eigenvalue weighted by Crippen LogP contribution is -2.29. The van der Waals surface area contributed by atoms with E-state index in [1.165, 1.54) is 16.2 Å². The predicted molar refractivity (Wildman–Crippen MR) is 119 cm³/mol. The lowest BCUT2D eigenvalue weighted by atomic mass is 9.94. The van der Waals surface area contributed by atoms with Crippen molar-refractivity contribution >= 4 is 45.5 Å². The molecule has 5 rings (SSSR count). The van der Waals surface area contributed by atoms with E-state index in [0.717, 1.165) is 11.3 Å². The number of carbonyl (C=O) groups is 2. The molecule has 0 spiro atoms. The zero-order valence-electron chi connectivity index (χ0n) is 16.4. The molecule has 1 saturated heterocycles. The molecule has 1 aromatic heterocycles. The summed E-state index contributed by atoms with van der Waals surface area (Å²) in [4.78, 5) is 31.6. The highest BCUT2D eigenvalue weighted by molar-refractivity contribution is 7.14. The Balaban J connectivity index is 1.68. The topological polar surface area (TPSA) is 79.7 Å². The number of thiazole rings is 1. The van der Waals surface area contributed by atoms with Gasteiger partial charge in [-0.15, -0.1) is 11.3 Å². The van der Waals surface area contributed by atoms with Crippen molar-refractivity contribution < 1.29 is 19.4 Å². The number of halogens is 1. The van der Waals surface area contributed by atoms with Crippen LogP contribution in [-0.2, 0) is 16.0 Å². The molecule has 0 saturated carbocycles. The molecule has 0 unspecified atom stereocenters. The van der Waals surface area contributed by atoms with Crippen molar-refractivity contribution in [3.63, 3.8) is 0 Å². The number of aromatic nitrogens is 1. The number of anilines is 1. The quantitative estimate of drug-likeness (QED) is 0.352. The number of ketones is 1. The fourth-order valence-electron chi connectivity index (χ4n) is 4.05. The van der Waals surface area contributed by atoms with E-state index in [4.69, 9.17) is 16.3 Å². The smallest absolute Gasteiger partial charge is 0.301 e. The minimum atomic E-state index is -0.813. The van der Waals surface area contributed by atoms with Crippen LogP contribution in [-0.4, -0.2) is 27.9 Å². The number of aliphatic hydroxyl groups is 1. The molecule has 3 heterocycles. The zero-order valence-corrected chi connectivity index (χ0v) is 18.0. The molecular formula is C23H17ClN2O4S. The molecule has 1 N–H and O–H groups in total. The first-order valence-electron chi connectivity index (χ1n) is 9.70. The summed E-state index contributed by atoms with van der Waals surface area (Å²) >= 11 is 7.29. The fraction of sp³-hybridized carbons (Fsp3) is 0.174. The molecule has 0 radical (unpaired) electrons. The predicted octanol–water partition coefficient (Wildman–Crippen LogP) is 4.75. The molecular weight excluding hydrogens is 436 g/mol. The van der Waals surface area contributed by atoms with Gasteiger partial charge in [-0.1, -0.05) is 23.7 Å². The van der Waals surface area contributed by atoms with Crippen molar-refractivity contribution in [2.24, 2.45) is 0 Å². The molecule has 1 fully saturated rings. The summed E-state index contributed by atoms with van der Waals surface area (Å²) in [6, 6.07) is 11.3. The van der Waals surface area contributed by atoms with Crippen LogP contribution in [0.4, 0.5) is 5.13 Å². The summed E-state index contributed by atoms with van der Waals surface area (Å²) in [6.07, 6.45) is 2.33. The van der Waals surface area contributed by atoms with Crippen LogP contribution in [0.25, 0.3) is 5.76 Å². The number of carbonyl (C=O) groups excluding carboxylic acids is 2. The molecule has 2 aliphatic rings. The van der Waals surface area contributed by atoms with Crippen molar-refractivity contribution in [3.05, 3.63) is 81.3 Å². The molecule has 2 aromatic carbocycles. The summed E-state index contributed by atoms with van der Waals surface area (Å²) in [5.41, 5.74) is 2.09. The molecule has 3 aromatic rings. The first kappa shape index (κ1) is 19.8. The second-order valence-corrected chi connectivity index (χ2v) is 8.80. The maximum atomic E-state index is 13.1. The van der Waals surface area contributed by atoms with Crippen LogP contribution < -0.4 is 9.64 Å². The molecule has 2 atom stereocenters. The number of nitrogens with zero attached hydrogens (tertiary/aromatic N) is 2. The number of fused-ring (bicyclic) bond motifs is 1. The van der Waals surface area contributed by atoms with Gasteiger partial charge in [0.25, 0.3) is 5.78 Å². The third-order valence-corrected chi connectivity index (χ3v) is 6.45. The summed E-state index contributed by atoms with van der Waals surface area (Å²) in [5.74, 6) is -0.937. The number of hydrogen-bond acceptors (Lipinski definition) is 6. The van der Waals surface area contributed by atoms with Crippen molar-refractivity contribution in [1.82, 2.24) is 4.98 Å². The third-order valence-electron chi connectivity index (χ3n) is 5.42. The van der Waals surface area contributed by atoms with Crippen LogP contribution in [0.15, 0.2) is 59.6 Å². The van der Waals surface area contributed by atoms with Gasteiger partial charge in [0.05, 0.1) is 11.6 Å². The van der Waals surface area contributed by atoms with Crippen LogP contribution in [0.3, 0.4) is 0 Å². The number of ether oxygens (including phenoxy) is 1. The van der Waals surface area contributed by atoms with Crippen LogP contribution in [0.1, 0.15) is 29.7 Å². The van der Waals surface area contributed by atoms with Gasteiger partial charge in [-0.2, -0.15) is 0 Å². The van der Waals surface area contributed by atoms with Gasteiger partial charge in [0.15, 0.2) is 5.13 Å². The minimum Gasteiger partial charge on any atom is -0.507 e. The van der Waals surface area contributed by atoms with Crippen LogP contribution in [0, 0.1) is 0 Å². The van der Waals surface area contributed by atoms with E-state index in [9.17, 15) is 14.7 Å². The van der Waals surface area contributed by atoms with Crippen molar-refractivity contribution in [2.75, 3.05) is 4.90 Å². The van der Waals surface area contributed by atoms with E-state index in [1.807, 2.05) is 13.0 Å². The van der Waals surface area contributed by atoms with Gasteiger partial charge in [0.2, 0.25) is 0 Å². The Morgan fingerprint density at radius 3 is 2.71 bits per heavy atom. The lowest BCUT2D eigenvalue weighted by molar-refractivity contribution is -0.132. The highest BCUT2D eigenvalue weighted by Crippen LogP contribution is 2.43. The number of rotatable bonds is 3. The second-order valence-electron chi connectivity index (χ2n) is 7.49. The Morgan fingerprint density at radius 2 is 2.00 bits per heavy atom. The van der Waals surface area contributed by atoms with Gasteiger partial charge in [0.1, 0.15) is 17.6 Å². The van der Waals surface area contributed by atoms with Gasteiger partial charge in [0, 0.05) is 28.6 Å². The van der Waals surface area contributed by atoms with E-state index in [2.05, 4.69) is 4.98 Å². The maximum Gasteiger partial charge on any atom is 0.301 e. The Kier molecular flexibility index (Phi) is 4.79. The monoisotopic (exact) mass is 452 g/mol. The maximum absolute atomic E-state index is 13.1. The first-order valence-corrected chi connectivity index (χ1v) is 11.0. The molecule has 0 aliphatic carbocycles. The molecule has 1 amide bonds. The van der Waals surface area contributed by atoms with Crippen molar-refractivity contribution in [1.29, 1.82) is 0 Å². The van der Waals surface area contributed by atoms with E-state index in [-0.39, 0.29) is 17.4 Å². The van der Waals surface area contributed by atoms with Crippen LogP contribution in [0.2, 0.25) is 5.02 Å². The van der Waals surface area contributed by atoms with Crippen LogP contribution >= 0.6 is 22.9 Å². The van der Waals surface area contributed by atoms with Gasteiger partial charge in [-0.3, -0.25) is 14.5 Å². The average molecular weight is 453 g/mol. The first-order chi connectivity index (χ1) is 14.9. The molecule has 6 nitrogen and oxygen atoms in total. The zero-order chi connectivity index (χ0) is 21.7. The summed E-state index contributed by atoms with van der Waals surface area (Å²) < 4.78 is 5.73. The molecule has 8 heteroatoms. The molecule has 156 valence electrons. The van der Waals surface area contributed by atoms with E-state index in [1.54, 1.807) is 48.0 Å². The van der Waals surface area contributed by atoms with E-state index >= 15 is 0 Å². The summed E-state index contributed by atoms with van der Waals surface area (Å²) in [5, 5.41) is 13.9. The van der Waals surface area contributed by atoms with E-state index < -0.39 is 17.7 Å². The second kappa shape index (κ2) is 7.51. The Labute approximate surface area is 187 Å². The standard InChI is InChI=1S/C23H17ClN2O4S/c1-12-10-15-11-14(4-7-17(15)30-12)20(27)18-19(13-2-5-16(24)6-3-13)26(22(29)21(18)28)23-25-8-9-31-23/h2-9,11-12,19,27H,10H2,1H3/b20-18+/t12-,19-/m0/s1. The molecule has 2 aliphatic heterocycles. The molecule has 0 bridgehead atoms. The van der Waals surface area contributed by atoms with Crippen molar-refractivity contribution in [3.8, 4) is 5.75 Å². The third kappa shape index (κ3) is 3.30. The number of aliphatic hydroxyl groups excluding tert-OH is 1. The normalized spacial score (nSPS) is 21.9. The Morgan fingerprint density at radius 1 is 1.23 bits per heavy atom. The minimum absolute atomic E-state index is 0.0226. The van der Waals surface area contributed by atoms with Crippen molar-refractivity contribution in [2.45, 2.75) is 25.5 Å². The summed E-state index contributed by atoms with van der Waals surface area (Å²) in [6.45, 7) is 1.97. The van der Waals surface area contributed by atoms with Crippen LogP contribution in [0.5, 0.6) is 5.75 Å². The Bertz CT molecular complexity index is 1220. The Hall–Kier alpha value is -3.16. The van der Waals surface area contributed by atoms with E-state index in [0.29, 0.717) is 27.7 Å². The number of hydrogen-bond donors (Lipinski definition) is 1. The summed E-state index contributed by atoms with van der Waals surface area (Å²) in [7, 11) is 0. The highest BCUT2D eigenvalue weighted by atomic mass is 35.5. The van der Waals surface area contributed by atoms with Gasteiger partial charge in [-0.05, 0) is 48.4 Å².